The van der Waals surface area contributed by atoms with Gasteiger partial charge in [-0.25, -0.2) is 22.2 Å². The van der Waals surface area contributed by atoms with E-state index in [0.29, 0.717) is 12.5 Å². The van der Waals surface area contributed by atoms with Crippen LogP contribution in [0.25, 0.3) is 5.65 Å². The molecule has 1 N–H and O–H groups in total. The maximum atomic E-state index is 12.7. The normalized spacial score (nSPS) is 11.4. The topological polar surface area (TPSA) is 89.2 Å². The van der Waals surface area contributed by atoms with Gasteiger partial charge in [0.1, 0.15) is 22.3 Å². The van der Waals surface area contributed by atoms with Crippen molar-refractivity contribution < 1.29 is 17.2 Å². The minimum atomic E-state index is -3.81. The molecule has 0 bridgehead atoms. The van der Waals surface area contributed by atoms with Crippen molar-refractivity contribution >= 4 is 37.2 Å². The molecule has 11 heteroatoms. The summed E-state index contributed by atoms with van der Waals surface area (Å²) in [4.78, 5) is 8.19. The quantitative estimate of drug-likeness (QED) is 0.237. The molecule has 3 heterocycles. The molecule has 0 aliphatic carbocycles. The predicted molar refractivity (Wildman–Crippen MR) is 144 cm³/mol. The van der Waals surface area contributed by atoms with Gasteiger partial charge in [0.15, 0.2) is 15.5 Å². The zero-order valence-electron chi connectivity index (χ0n) is 21.0. The maximum absolute atomic E-state index is 12.7. The Morgan fingerprint density at radius 3 is 2.27 bits per heavy atom. The number of hydrogen-bond donors (Lipinski definition) is 1. The van der Waals surface area contributed by atoms with Crippen LogP contribution in [0.2, 0.25) is 0 Å². The van der Waals surface area contributed by atoms with Crippen molar-refractivity contribution in [2.24, 2.45) is 0 Å². The molecule has 37 heavy (non-hydrogen) atoms. The first kappa shape index (κ1) is 28.6. The van der Waals surface area contributed by atoms with Crippen molar-refractivity contribution in [3.63, 3.8) is 0 Å². The molecule has 0 unspecified atom stereocenters. The first-order chi connectivity index (χ1) is 17.7. The third kappa shape index (κ3) is 7.54. The van der Waals surface area contributed by atoms with Crippen LogP contribution in [0.15, 0.2) is 64.4 Å². The van der Waals surface area contributed by atoms with Crippen molar-refractivity contribution in [1.29, 1.82) is 0 Å². The van der Waals surface area contributed by atoms with Gasteiger partial charge in [0, 0.05) is 42.9 Å². The molecular weight excluding hydrogens is 564 g/mol. The van der Waals surface area contributed by atoms with Crippen molar-refractivity contribution in [3.05, 3.63) is 82.4 Å². The number of halogens is 3. The lowest BCUT2D eigenvalue weighted by atomic mass is 9.94. The molecule has 0 aliphatic rings. The number of nitrogens with one attached hydrogen (secondary N) is 1. The smallest absolute Gasteiger partial charge is 0.181 e. The van der Waals surface area contributed by atoms with Crippen LogP contribution in [-0.2, 0) is 16.4 Å². The predicted octanol–water partition coefficient (Wildman–Crippen LogP) is 6.55. The molecule has 1 aromatic carbocycles. The third-order valence-electron chi connectivity index (χ3n) is 5.63. The lowest BCUT2D eigenvalue weighted by Gasteiger charge is -2.17. The molecule has 4 rings (SSSR count). The summed E-state index contributed by atoms with van der Waals surface area (Å²) in [6.07, 6.45) is 10.9. The third-order valence-corrected chi connectivity index (χ3v) is 7.32. The molecule has 3 aromatic heterocycles. The Labute approximate surface area is 224 Å². The van der Waals surface area contributed by atoms with E-state index in [1.807, 2.05) is 16.8 Å². The molecule has 0 fully saturated rings. The van der Waals surface area contributed by atoms with E-state index in [4.69, 9.17) is 4.98 Å². The summed E-state index contributed by atoms with van der Waals surface area (Å²) in [5.74, 6) is -0.664. The minimum absolute atomic E-state index is 0.487. The minimum Gasteiger partial charge on any atom is -0.366 e. The van der Waals surface area contributed by atoms with Crippen LogP contribution in [0.5, 0.6) is 0 Å². The van der Waals surface area contributed by atoms with Crippen LogP contribution in [0.4, 0.5) is 14.6 Å². The number of nitrogens with zero attached hydrogens (tertiary/aromatic N) is 4. The Kier molecular flexibility index (Phi) is 10.1. The van der Waals surface area contributed by atoms with Gasteiger partial charge in [-0.05, 0) is 52.5 Å². The highest BCUT2D eigenvalue weighted by molar-refractivity contribution is 9.10. The molecule has 0 atom stereocenters. The zero-order chi connectivity index (χ0) is 27.0. The lowest BCUT2D eigenvalue weighted by molar-refractivity contribution is 0.521. The van der Waals surface area contributed by atoms with Gasteiger partial charge < -0.3 is 5.32 Å². The van der Waals surface area contributed by atoms with Gasteiger partial charge in [0.2, 0.25) is 0 Å². The Hall–Kier alpha value is -2.92. The first-order valence-corrected chi connectivity index (χ1v) is 14.6. The van der Waals surface area contributed by atoms with Crippen molar-refractivity contribution in [2.75, 3.05) is 11.6 Å². The molecule has 0 aliphatic heterocycles. The second-order valence-electron chi connectivity index (χ2n) is 8.61. The number of pyridine rings is 1. The second kappa shape index (κ2) is 13.0. The van der Waals surface area contributed by atoms with E-state index in [9.17, 15) is 17.2 Å². The summed E-state index contributed by atoms with van der Waals surface area (Å²) in [7, 11) is -3.81. The highest BCUT2D eigenvalue weighted by Crippen LogP contribution is 2.29. The van der Waals surface area contributed by atoms with E-state index in [1.54, 1.807) is 12.4 Å². The van der Waals surface area contributed by atoms with Gasteiger partial charge in [-0.2, -0.15) is 9.61 Å². The Balaban J connectivity index is 0.000000266. The fourth-order valence-electron chi connectivity index (χ4n) is 3.96. The number of benzene rings is 1. The summed E-state index contributed by atoms with van der Waals surface area (Å²) >= 11 is 3.57. The number of hydrogen-bond acceptors (Lipinski definition) is 6. The van der Waals surface area contributed by atoms with E-state index in [2.05, 4.69) is 57.3 Å². The van der Waals surface area contributed by atoms with Gasteiger partial charge >= 0.3 is 0 Å². The largest absolute Gasteiger partial charge is 0.366 e. The van der Waals surface area contributed by atoms with Crippen LogP contribution in [-0.4, -0.2) is 34.3 Å². The number of fused-ring (bicyclic) bond motifs is 1. The lowest BCUT2D eigenvalue weighted by Crippen LogP contribution is -2.10. The van der Waals surface area contributed by atoms with Crippen LogP contribution < -0.4 is 5.32 Å². The van der Waals surface area contributed by atoms with Gasteiger partial charge in [0.05, 0.1) is 10.7 Å². The van der Waals surface area contributed by atoms with Gasteiger partial charge in [0.25, 0.3) is 0 Å². The van der Waals surface area contributed by atoms with Crippen molar-refractivity contribution in [1.82, 2.24) is 19.6 Å². The molecule has 198 valence electrons. The van der Waals surface area contributed by atoms with Crippen LogP contribution >= 0.6 is 15.9 Å². The Morgan fingerprint density at radius 1 is 1.05 bits per heavy atom. The number of sulfone groups is 1. The number of rotatable bonds is 9. The molecule has 0 saturated heterocycles. The van der Waals surface area contributed by atoms with E-state index in [1.165, 1.54) is 0 Å². The fourth-order valence-corrected chi connectivity index (χ4v) is 5.15. The molecule has 7 nitrogen and oxygen atoms in total. The van der Waals surface area contributed by atoms with Crippen molar-refractivity contribution in [3.8, 4) is 0 Å². The first-order valence-electron chi connectivity index (χ1n) is 12.0. The maximum Gasteiger partial charge on any atom is 0.181 e. The fraction of sp³-hybridized carbons (Fsp3) is 0.346. The highest BCUT2D eigenvalue weighted by atomic mass is 79.9. The SMILES string of the molecule is CCCC(CCC)c1cc(NCc2cccnc2)n2ncc(Br)c2n1.CS(=O)(=O)c1c(F)cccc1F. The van der Waals surface area contributed by atoms with Gasteiger partial charge in [-0.3, -0.25) is 4.98 Å². The van der Waals surface area contributed by atoms with Crippen molar-refractivity contribution in [2.45, 2.75) is 56.9 Å². The standard InChI is InChI=1S/C19H24BrN5.C7H6F2O2S/c1-3-6-15(7-4-2)17-10-18(22-12-14-8-5-9-21-11-14)25-19(24-17)16(20)13-23-25;1-12(10,11)7-5(8)3-2-4-6(7)9/h5,8-11,13,15,22H,3-4,6-7,12H2,1-2H3;2-4H,1H3. The zero-order valence-corrected chi connectivity index (χ0v) is 23.4. The molecule has 0 spiro atoms. The number of anilines is 1. The van der Waals surface area contributed by atoms with E-state index < -0.39 is 26.4 Å². The average Bonchev–Trinajstić information content (AvgIpc) is 3.23. The average molecular weight is 595 g/mol. The number of aromatic nitrogens is 4. The van der Waals surface area contributed by atoms with E-state index >= 15 is 0 Å². The molecule has 4 aromatic rings. The van der Waals surface area contributed by atoms with Crippen LogP contribution in [0.3, 0.4) is 0 Å². The van der Waals surface area contributed by atoms with Gasteiger partial charge in [-0.1, -0.05) is 38.8 Å². The molecular formula is C26H30BrF2N5O2S. The second-order valence-corrected chi connectivity index (χ2v) is 11.4. The van der Waals surface area contributed by atoms with E-state index in [0.717, 1.165) is 77.3 Å². The monoisotopic (exact) mass is 593 g/mol. The Bertz CT molecular complexity index is 1410. The summed E-state index contributed by atoms with van der Waals surface area (Å²) in [6.45, 7) is 5.17. The molecule has 0 radical (unpaired) electrons. The molecule has 0 amide bonds. The summed E-state index contributed by atoms with van der Waals surface area (Å²) in [5.41, 5.74) is 3.15. The van der Waals surface area contributed by atoms with Crippen LogP contribution in [0, 0.1) is 11.6 Å². The summed E-state index contributed by atoms with van der Waals surface area (Å²) in [5, 5.41) is 7.95. The molecule has 0 saturated carbocycles. The highest BCUT2D eigenvalue weighted by Gasteiger charge is 2.18. The van der Waals surface area contributed by atoms with E-state index in [-0.39, 0.29) is 0 Å². The summed E-state index contributed by atoms with van der Waals surface area (Å²) < 4.78 is 49.8. The van der Waals surface area contributed by atoms with Gasteiger partial charge in [-0.15, -0.1) is 0 Å². The summed E-state index contributed by atoms with van der Waals surface area (Å²) in [6, 6.07) is 9.08. The Morgan fingerprint density at radius 2 is 1.73 bits per heavy atom. The van der Waals surface area contributed by atoms with Crippen LogP contribution in [0.1, 0.15) is 56.7 Å².